The Morgan fingerprint density at radius 1 is 0.968 bits per heavy atom. The molecule has 1 heterocycles. The molecule has 2 aromatic carbocycles. The maximum Gasteiger partial charge on any atom is 0.211 e. The summed E-state index contributed by atoms with van der Waals surface area (Å²) < 4.78 is 27.0. The van der Waals surface area contributed by atoms with Gasteiger partial charge >= 0.3 is 0 Å². The first-order chi connectivity index (χ1) is 14.7. The van der Waals surface area contributed by atoms with Crippen LogP contribution in [0, 0.1) is 0 Å². The minimum Gasteiger partial charge on any atom is -0.289 e. The molecule has 3 rings (SSSR count). The molecule has 4 nitrogen and oxygen atoms in total. The maximum atomic E-state index is 12.6. The van der Waals surface area contributed by atoms with E-state index in [1.54, 1.807) is 4.31 Å². The number of unbranched alkanes of at least 4 members (excludes halogenated alkanes) is 2. The molecule has 0 N–H and O–H groups in total. The average molecular weight is 484 g/mol. The van der Waals surface area contributed by atoms with Crippen molar-refractivity contribution in [2.45, 2.75) is 57.7 Å². The second-order valence-electron chi connectivity index (χ2n) is 8.55. The molecule has 1 fully saturated rings. The molecule has 1 aliphatic rings. The van der Waals surface area contributed by atoms with E-state index >= 15 is 0 Å². The van der Waals surface area contributed by atoms with Gasteiger partial charge in [-0.25, -0.2) is 8.42 Å². The number of nitrogens with zero attached hydrogens (tertiary/aromatic N) is 2. The van der Waals surface area contributed by atoms with Gasteiger partial charge in [-0.05, 0) is 48.7 Å². The largest absolute Gasteiger partial charge is 0.289 e. The van der Waals surface area contributed by atoms with Crippen molar-refractivity contribution in [1.82, 2.24) is 9.21 Å². The minimum absolute atomic E-state index is 0.00581. The zero-order valence-corrected chi connectivity index (χ0v) is 20.8. The van der Waals surface area contributed by atoms with E-state index in [1.807, 2.05) is 55.5 Å². The summed E-state index contributed by atoms with van der Waals surface area (Å²) in [5.41, 5.74) is 2.26. The van der Waals surface area contributed by atoms with E-state index in [1.165, 1.54) is 6.26 Å². The maximum absolute atomic E-state index is 12.6. The van der Waals surface area contributed by atoms with Crippen LogP contribution in [0.1, 0.15) is 56.7 Å². The Morgan fingerprint density at radius 3 is 1.87 bits per heavy atom. The van der Waals surface area contributed by atoms with Crippen molar-refractivity contribution in [3.05, 3.63) is 69.7 Å². The quantitative estimate of drug-likeness (QED) is 0.390. The van der Waals surface area contributed by atoms with Crippen LogP contribution in [-0.4, -0.2) is 49.1 Å². The van der Waals surface area contributed by atoms with Gasteiger partial charge in [-0.1, -0.05) is 73.7 Å². The van der Waals surface area contributed by atoms with E-state index in [0.29, 0.717) is 23.1 Å². The molecule has 7 heteroatoms. The van der Waals surface area contributed by atoms with Gasteiger partial charge in [0, 0.05) is 29.2 Å². The van der Waals surface area contributed by atoms with Gasteiger partial charge in [0.2, 0.25) is 10.0 Å². The molecule has 0 spiro atoms. The SMILES string of the molecule is CCCCCC(C)N(C1CN(C(c2ccc(Cl)cc2)c2ccc(Cl)cc2)C1)S(C)(=O)=O. The summed E-state index contributed by atoms with van der Waals surface area (Å²) >= 11 is 12.2. The van der Waals surface area contributed by atoms with Gasteiger partial charge in [-0.2, -0.15) is 4.31 Å². The molecule has 1 unspecified atom stereocenters. The van der Waals surface area contributed by atoms with Crippen LogP contribution in [0.3, 0.4) is 0 Å². The number of rotatable bonds is 10. The molecule has 0 aliphatic carbocycles. The Bertz CT molecular complexity index is 897. The van der Waals surface area contributed by atoms with Gasteiger partial charge in [0.15, 0.2) is 0 Å². The number of hydrogen-bond acceptors (Lipinski definition) is 3. The summed E-state index contributed by atoms with van der Waals surface area (Å²) in [5, 5.41) is 1.40. The molecule has 2 aromatic rings. The highest BCUT2D eigenvalue weighted by Gasteiger charge is 2.42. The third-order valence-electron chi connectivity index (χ3n) is 6.03. The highest BCUT2D eigenvalue weighted by molar-refractivity contribution is 7.88. The Balaban J connectivity index is 1.80. The van der Waals surface area contributed by atoms with Gasteiger partial charge in [0.1, 0.15) is 0 Å². The Hall–Kier alpha value is -1.11. The fourth-order valence-electron chi connectivity index (χ4n) is 4.54. The fourth-order valence-corrected chi connectivity index (χ4v) is 6.22. The lowest BCUT2D eigenvalue weighted by Gasteiger charge is -2.49. The highest BCUT2D eigenvalue weighted by atomic mass is 35.5. The monoisotopic (exact) mass is 482 g/mol. The third kappa shape index (κ3) is 6.23. The second-order valence-corrected chi connectivity index (χ2v) is 11.3. The lowest BCUT2D eigenvalue weighted by Crippen LogP contribution is -2.63. The molecule has 31 heavy (non-hydrogen) atoms. The Kier molecular flexibility index (Phi) is 8.44. The number of hydrogen-bond donors (Lipinski definition) is 0. The average Bonchev–Trinajstić information content (AvgIpc) is 2.68. The summed E-state index contributed by atoms with van der Waals surface area (Å²) in [6.07, 6.45) is 5.55. The molecule has 0 amide bonds. The summed E-state index contributed by atoms with van der Waals surface area (Å²) in [6.45, 7) is 5.59. The smallest absolute Gasteiger partial charge is 0.211 e. The highest BCUT2D eigenvalue weighted by Crippen LogP contribution is 2.36. The Morgan fingerprint density at radius 2 is 1.45 bits per heavy atom. The number of likely N-dealkylation sites (tertiary alicyclic amines) is 1. The summed E-state index contributed by atoms with van der Waals surface area (Å²) in [7, 11) is -3.28. The third-order valence-corrected chi connectivity index (χ3v) is 7.96. The lowest BCUT2D eigenvalue weighted by molar-refractivity contribution is 0.0389. The van der Waals surface area contributed by atoms with Crippen molar-refractivity contribution in [3.8, 4) is 0 Å². The molecular weight excluding hydrogens is 451 g/mol. The molecule has 0 aromatic heterocycles. The van der Waals surface area contributed by atoms with Crippen molar-refractivity contribution < 1.29 is 8.42 Å². The molecule has 1 aliphatic heterocycles. The summed E-state index contributed by atoms with van der Waals surface area (Å²) in [6, 6.07) is 15.8. The van der Waals surface area contributed by atoms with Crippen molar-refractivity contribution in [2.24, 2.45) is 0 Å². The minimum atomic E-state index is -3.28. The summed E-state index contributed by atoms with van der Waals surface area (Å²) in [5.74, 6) is 0. The van der Waals surface area contributed by atoms with Gasteiger partial charge in [-0.3, -0.25) is 4.90 Å². The topological polar surface area (TPSA) is 40.6 Å². The number of benzene rings is 2. The van der Waals surface area contributed by atoms with Crippen molar-refractivity contribution in [3.63, 3.8) is 0 Å². The molecular formula is C24H32Cl2N2O2S. The van der Waals surface area contributed by atoms with Crippen LogP contribution in [0.2, 0.25) is 10.0 Å². The van der Waals surface area contributed by atoms with Crippen molar-refractivity contribution in [2.75, 3.05) is 19.3 Å². The molecule has 1 atom stereocenters. The predicted molar refractivity (Wildman–Crippen MR) is 130 cm³/mol. The fraction of sp³-hybridized carbons (Fsp3) is 0.500. The van der Waals surface area contributed by atoms with E-state index in [9.17, 15) is 8.42 Å². The van der Waals surface area contributed by atoms with Crippen LogP contribution in [0.15, 0.2) is 48.5 Å². The van der Waals surface area contributed by atoms with E-state index in [2.05, 4.69) is 11.8 Å². The van der Waals surface area contributed by atoms with Crippen LogP contribution in [-0.2, 0) is 10.0 Å². The molecule has 0 radical (unpaired) electrons. The first-order valence-electron chi connectivity index (χ1n) is 10.9. The first-order valence-corrected chi connectivity index (χ1v) is 13.5. The van der Waals surface area contributed by atoms with Crippen molar-refractivity contribution >= 4 is 33.2 Å². The number of halogens is 2. The van der Waals surface area contributed by atoms with Gasteiger partial charge < -0.3 is 0 Å². The lowest BCUT2D eigenvalue weighted by atomic mass is 9.92. The van der Waals surface area contributed by atoms with Crippen LogP contribution < -0.4 is 0 Å². The van der Waals surface area contributed by atoms with E-state index < -0.39 is 10.0 Å². The molecule has 170 valence electrons. The van der Waals surface area contributed by atoms with Gasteiger partial charge in [0.25, 0.3) is 0 Å². The van der Waals surface area contributed by atoms with E-state index in [-0.39, 0.29) is 18.1 Å². The van der Waals surface area contributed by atoms with Crippen LogP contribution >= 0.6 is 23.2 Å². The zero-order chi connectivity index (χ0) is 22.6. The molecule has 1 saturated heterocycles. The normalized spacial score (nSPS) is 16.6. The van der Waals surface area contributed by atoms with Crippen molar-refractivity contribution in [1.29, 1.82) is 0 Å². The Labute approximate surface area is 197 Å². The van der Waals surface area contributed by atoms with E-state index in [4.69, 9.17) is 23.2 Å². The molecule has 0 bridgehead atoms. The zero-order valence-electron chi connectivity index (χ0n) is 18.5. The standard InChI is InChI=1S/C24H32Cl2N2O2S/c1-4-5-6-7-18(2)28(31(3,29)30)23-16-27(17-23)24(19-8-12-21(25)13-9-19)20-10-14-22(26)15-11-20/h8-15,18,23-24H,4-7,16-17H2,1-3H3. The van der Waals surface area contributed by atoms with Crippen LogP contribution in [0.5, 0.6) is 0 Å². The number of sulfonamides is 1. The second kappa shape index (κ2) is 10.7. The van der Waals surface area contributed by atoms with E-state index in [0.717, 1.165) is 36.8 Å². The van der Waals surface area contributed by atoms with Crippen LogP contribution in [0.25, 0.3) is 0 Å². The van der Waals surface area contributed by atoms with Crippen LogP contribution in [0.4, 0.5) is 0 Å². The first kappa shape index (κ1) is 24.5. The molecule has 0 saturated carbocycles. The summed E-state index contributed by atoms with van der Waals surface area (Å²) in [4.78, 5) is 2.33. The predicted octanol–water partition coefficient (Wildman–Crippen LogP) is 6.00. The van der Waals surface area contributed by atoms with Gasteiger partial charge in [0.05, 0.1) is 18.3 Å². The van der Waals surface area contributed by atoms with Gasteiger partial charge in [-0.15, -0.1) is 0 Å².